The van der Waals surface area contributed by atoms with Gasteiger partial charge in [-0.2, -0.15) is 0 Å². The van der Waals surface area contributed by atoms with Gasteiger partial charge in [-0.05, 0) is 43.3 Å². The first-order chi connectivity index (χ1) is 13.4. The van der Waals surface area contributed by atoms with Crippen LogP contribution in [0.4, 0.5) is 18.9 Å². The highest BCUT2D eigenvalue weighted by atomic mass is 32.2. The molecule has 0 unspecified atom stereocenters. The molecule has 2 heterocycles. The van der Waals surface area contributed by atoms with Gasteiger partial charge < -0.3 is 14.5 Å². The molecule has 0 atom stereocenters. The summed E-state index contributed by atoms with van der Waals surface area (Å²) in [5, 5.41) is 11.3. The number of hydrogen-bond acceptors (Lipinski definition) is 6. The Morgan fingerprint density at radius 1 is 1.25 bits per heavy atom. The highest BCUT2D eigenvalue weighted by Gasteiger charge is 2.31. The molecule has 11 heteroatoms. The van der Waals surface area contributed by atoms with E-state index in [0.29, 0.717) is 29.0 Å². The van der Waals surface area contributed by atoms with Gasteiger partial charge in [0.2, 0.25) is 5.91 Å². The lowest BCUT2D eigenvalue weighted by molar-refractivity contribution is -0.274. The van der Waals surface area contributed by atoms with Crippen molar-refractivity contribution in [1.29, 1.82) is 0 Å². The van der Waals surface area contributed by atoms with Crippen LogP contribution in [0.3, 0.4) is 0 Å². The highest BCUT2D eigenvalue weighted by Crippen LogP contribution is 2.26. The Morgan fingerprint density at radius 2 is 2.00 bits per heavy atom. The lowest BCUT2D eigenvalue weighted by Gasteiger charge is -2.10. The average molecular weight is 412 g/mol. The van der Waals surface area contributed by atoms with Gasteiger partial charge >= 0.3 is 6.36 Å². The van der Waals surface area contributed by atoms with Crippen LogP contribution in [0.1, 0.15) is 6.92 Å². The second-order valence-corrected chi connectivity index (χ2v) is 6.38. The largest absolute Gasteiger partial charge is 0.573 e. The molecule has 0 radical (unpaired) electrons. The van der Waals surface area contributed by atoms with Gasteiger partial charge in [0.15, 0.2) is 16.7 Å². The molecule has 0 saturated carbocycles. The smallest absolute Gasteiger partial charge is 0.461 e. The Morgan fingerprint density at radius 3 is 2.61 bits per heavy atom. The Labute approximate surface area is 161 Å². The maximum Gasteiger partial charge on any atom is 0.573 e. The molecule has 1 amide bonds. The third-order valence-corrected chi connectivity index (χ3v) is 4.45. The number of nitrogens with one attached hydrogen (secondary N) is 1. The zero-order valence-corrected chi connectivity index (χ0v) is 15.4. The number of aromatic nitrogens is 3. The van der Waals surface area contributed by atoms with Crippen molar-refractivity contribution in [2.75, 3.05) is 11.1 Å². The Kier molecular flexibility index (Phi) is 5.93. The van der Waals surface area contributed by atoms with E-state index in [0.717, 1.165) is 12.1 Å². The Balaban J connectivity index is 1.57. The molecular formula is C17H15F3N4O3S. The normalized spacial score (nSPS) is 11.4. The van der Waals surface area contributed by atoms with Crippen molar-refractivity contribution in [3.8, 4) is 17.3 Å². The van der Waals surface area contributed by atoms with E-state index in [4.69, 9.17) is 4.42 Å². The zero-order chi connectivity index (χ0) is 20.1. The quantitative estimate of drug-likeness (QED) is 0.586. The van der Waals surface area contributed by atoms with Crippen LogP contribution in [-0.2, 0) is 11.3 Å². The number of anilines is 1. The zero-order valence-electron chi connectivity index (χ0n) is 14.6. The number of hydrogen-bond donors (Lipinski definition) is 1. The maximum absolute atomic E-state index is 12.2. The van der Waals surface area contributed by atoms with E-state index in [-0.39, 0.29) is 17.4 Å². The van der Waals surface area contributed by atoms with Crippen molar-refractivity contribution < 1.29 is 27.1 Å². The van der Waals surface area contributed by atoms with Gasteiger partial charge in [0, 0.05) is 12.2 Å². The third kappa shape index (κ3) is 5.06. The molecule has 0 spiro atoms. The summed E-state index contributed by atoms with van der Waals surface area (Å²) in [5.74, 6) is 0.500. The van der Waals surface area contributed by atoms with Gasteiger partial charge in [-0.15, -0.1) is 23.4 Å². The number of benzene rings is 1. The van der Waals surface area contributed by atoms with Gasteiger partial charge in [-0.3, -0.25) is 9.36 Å². The Bertz CT molecular complexity index is 924. The minimum Gasteiger partial charge on any atom is -0.461 e. The number of carbonyl (C=O) groups excluding carboxylic acids is 1. The lowest BCUT2D eigenvalue weighted by atomic mass is 10.3. The Hall–Kier alpha value is -2.95. The van der Waals surface area contributed by atoms with E-state index in [1.54, 1.807) is 12.1 Å². The van der Waals surface area contributed by atoms with Crippen molar-refractivity contribution in [2.45, 2.75) is 25.0 Å². The fourth-order valence-corrected chi connectivity index (χ4v) is 3.14. The first kappa shape index (κ1) is 19.8. The summed E-state index contributed by atoms with van der Waals surface area (Å²) in [6, 6.07) is 8.42. The number of ether oxygens (including phenoxy) is 1. The SMILES string of the molecule is CCn1c(SCC(=O)Nc2ccc(OC(F)(F)F)cc2)nnc1-c1ccco1. The molecule has 1 N–H and O–H groups in total. The van der Waals surface area contributed by atoms with Crippen molar-refractivity contribution in [1.82, 2.24) is 14.8 Å². The first-order valence-corrected chi connectivity index (χ1v) is 9.10. The number of carbonyl (C=O) groups is 1. The summed E-state index contributed by atoms with van der Waals surface area (Å²) >= 11 is 1.19. The highest BCUT2D eigenvalue weighted by molar-refractivity contribution is 7.99. The predicted octanol–water partition coefficient (Wildman–Crippen LogP) is 4.19. The van der Waals surface area contributed by atoms with Crippen molar-refractivity contribution in [2.24, 2.45) is 0 Å². The lowest BCUT2D eigenvalue weighted by Crippen LogP contribution is -2.17. The van der Waals surface area contributed by atoms with Gasteiger partial charge in [0.05, 0.1) is 12.0 Å². The second-order valence-electron chi connectivity index (χ2n) is 5.44. The van der Waals surface area contributed by atoms with Crippen molar-refractivity contribution in [3.05, 3.63) is 42.7 Å². The molecule has 3 aromatic rings. The molecule has 28 heavy (non-hydrogen) atoms. The van der Waals surface area contributed by atoms with E-state index < -0.39 is 6.36 Å². The number of rotatable bonds is 7. The van der Waals surface area contributed by atoms with Crippen LogP contribution in [0.2, 0.25) is 0 Å². The number of nitrogens with zero attached hydrogens (tertiary/aromatic N) is 3. The summed E-state index contributed by atoms with van der Waals surface area (Å²) in [7, 11) is 0. The van der Waals surface area contributed by atoms with Gasteiger partial charge in [0.1, 0.15) is 5.75 Å². The summed E-state index contributed by atoms with van der Waals surface area (Å²) in [5.41, 5.74) is 0.355. The number of furan rings is 1. The van der Waals surface area contributed by atoms with Crippen LogP contribution in [0.25, 0.3) is 11.6 Å². The van der Waals surface area contributed by atoms with Crippen LogP contribution >= 0.6 is 11.8 Å². The van der Waals surface area contributed by atoms with E-state index in [1.807, 2.05) is 11.5 Å². The van der Waals surface area contributed by atoms with Crippen LogP contribution < -0.4 is 10.1 Å². The van der Waals surface area contributed by atoms with E-state index >= 15 is 0 Å². The molecule has 1 aromatic carbocycles. The summed E-state index contributed by atoms with van der Waals surface area (Å²) in [4.78, 5) is 12.1. The molecular weight excluding hydrogens is 397 g/mol. The minimum atomic E-state index is -4.76. The molecule has 0 aliphatic rings. The van der Waals surface area contributed by atoms with Crippen LogP contribution in [0.15, 0.2) is 52.2 Å². The van der Waals surface area contributed by atoms with Gasteiger partial charge in [-0.25, -0.2) is 0 Å². The molecule has 0 aliphatic heterocycles. The molecule has 3 rings (SSSR count). The first-order valence-electron chi connectivity index (χ1n) is 8.11. The molecule has 7 nitrogen and oxygen atoms in total. The van der Waals surface area contributed by atoms with Gasteiger partial charge in [0.25, 0.3) is 0 Å². The summed E-state index contributed by atoms with van der Waals surface area (Å²) in [6.07, 6.45) is -3.22. The fraction of sp³-hybridized carbons (Fsp3) is 0.235. The summed E-state index contributed by atoms with van der Waals surface area (Å²) in [6.45, 7) is 2.51. The van der Waals surface area contributed by atoms with E-state index in [1.165, 1.54) is 30.2 Å². The number of halogens is 3. The van der Waals surface area contributed by atoms with Crippen molar-refractivity contribution >= 4 is 23.4 Å². The average Bonchev–Trinajstić information content (AvgIpc) is 3.29. The topological polar surface area (TPSA) is 82.2 Å². The molecule has 2 aromatic heterocycles. The minimum absolute atomic E-state index is 0.0527. The summed E-state index contributed by atoms with van der Waals surface area (Å²) < 4.78 is 47.4. The molecule has 0 fully saturated rings. The second kappa shape index (κ2) is 8.38. The van der Waals surface area contributed by atoms with Gasteiger partial charge in [-0.1, -0.05) is 11.8 Å². The molecule has 0 saturated heterocycles. The third-order valence-electron chi connectivity index (χ3n) is 3.48. The number of alkyl halides is 3. The predicted molar refractivity (Wildman–Crippen MR) is 95.9 cm³/mol. The van der Waals surface area contributed by atoms with E-state index in [9.17, 15) is 18.0 Å². The van der Waals surface area contributed by atoms with Crippen LogP contribution in [-0.4, -0.2) is 32.8 Å². The maximum atomic E-state index is 12.2. The molecule has 0 aliphatic carbocycles. The molecule has 0 bridgehead atoms. The monoisotopic (exact) mass is 412 g/mol. The van der Waals surface area contributed by atoms with E-state index in [2.05, 4.69) is 20.3 Å². The standard InChI is InChI=1S/C17H15F3N4O3S/c1-2-24-15(13-4-3-9-26-13)22-23-16(24)28-10-14(25)21-11-5-7-12(8-6-11)27-17(18,19)20/h3-9H,2,10H2,1H3,(H,21,25). The number of thioether (sulfide) groups is 1. The van der Waals surface area contributed by atoms with Crippen LogP contribution in [0.5, 0.6) is 5.75 Å². The van der Waals surface area contributed by atoms with Crippen molar-refractivity contribution in [3.63, 3.8) is 0 Å². The fourth-order valence-electron chi connectivity index (χ4n) is 2.34. The molecule has 148 valence electrons. The number of amides is 1. The van der Waals surface area contributed by atoms with Crippen LogP contribution in [0, 0.1) is 0 Å².